The third-order valence-electron chi connectivity index (χ3n) is 5.10. The number of fused-ring (bicyclic) bond motifs is 1. The van der Waals surface area contributed by atoms with Crippen LogP contribution in [0.5, 0.6) is 0 Å². The number of nitrogens with zero attached hydrogens (tertiary/aromatic N) is 7. The number of alkyl halides is 2. The van der Waals surface area contributed by atoms with Crippen molar-refractivity contribution >= 4 is 16.9 Å². The van der Waals surface area contributed by atoms with E-state index < -0.39 is 35.4 Å². The standard InChI is InChI=1S/C22H16F4N8O/c1-2-27-22-28-8-13-7-11(4-6-15(13)29-22)16-10-34(33-30-16)9-12-3-5-14(18(24)17(12)23)20-31-32-21(35-20)19(25)26/h3-8,10,19H,2,9H2,1H3,(H,27,28,29). The molecular weight excluding hydrogens is 468 g/mol. The Kier molecular flexibility index (Phi) is 5.81. The molecule has 9 nitrogen and oxygen atoms in total. The highest BCUT2D eigenvalue weighted by Crippen LogP contribution is 2.28. The normalized spacial score (nSPS) is 11.5. The highest BCUT2D eigenvalue weighted by molar-refractivity contribution is 5.83. The number of nitrogens with one attached hydrogen (secondary N) is 1. The van der Waals surface area contributed by atoms with E-state index in [1.54, 1.807) is 12.4 Å². The second kappa shape index (κ2) is 9.08. The van der Waals surface area contributed by atoms with E-state index in [0.717, 1.165) is 16.5 Å². The molecule has 13 heteroatoms. The van der Waals surface area contributed by atoms with Crippen LogP contribution >= 0.6 is 0 Å². The predicted octanol–water partition coefficient (Wildman–Crippen LogP) is 4.63. The summed E-state index contributed by atoms with van der Waals surface area (Å²) in [6.45, 7) is 2.54. The molecule has 5 rings (SSSR count). The maximum absolute atomic E-state index is 14.7. The summed E-state index contributed by atoms with van der Waals surface area (Å²) < 4.78 is 60.6. The lowest BCUT2D eigenvalue weighted by atomic mass is 10.1. The highest BCUT2D eigenvalue weighted by atomic mass is 19.3. The lowest BCUT2D eigenvalue weighted by molar-refractivity contribution is 0.116. The molecule has 0 spiro atoms. The number of anilines is 1. The van der Waals surface area contributed by atoms with Gasteiger partial charge in [0.15, 0.2) is 11.6 Å². The van der Waals surface area contributed by atoms with Crippen molar-refractivity contribution < 1.29 is 22.0 Å². The van der Waals surface area contributed by atoms with Crippen LogP contribution < -0.4 is 5.32 Å². The van der Waals surface area contributed by atoms with Gasteiger partial charge in [-0.3, -0.25) is 0 Å². The van der Waals surface area contributed by atoms with Gasteiger partial charge in [-0.15, -0.1) is 15.3 Å². The van der Waals surface area contributed by atoms with Crippen molar-refractivity contribution in [1.29, 1.82) is 0 Å². The van der Waals surface area contributed by atoms with Crippen LogP contribution in [0, 0.1) is 11.6 Å². The van der Waals surface area contributed by atoms with Crippen LogP contribution in [0.1, 0.15) is 24.8 Å². The van der Waals surface area contributed by atoms with Gasteiger partial charge in [0.2, 0.25) is 5.95 Å². The molecule has 0 aliphatic heterocycles. The summed E-state index contributed by atoms with van der Waals surface area (Å²) in [7, 11) is 0. The molecule has 0 atom stereocenters. The van der Waals surface area contributed by atoms with Crippen molar-refractivity contribution in [3.05, 3.63) is 65.8 Å². The van der Waals surface area contributed by atoms with Crippen LogP contribution in [0.3, 0.4) is 0 Å². The maximum Gasteiger partial charge on any atom is 0.314 e. The first-order valence-electron chi connectivity index (χ1n) is 10.4. The van der Waals surface area contributed by atoms with Crippen molar-refractivity contribution in [2.75, 3.05) is 11.9 Å². The average molecular weight is 484 g/mol. The fraction of sp³-hybridized carbons (Fsp3) is 0.182. The Morgan fingerprint density at radius 3 is 2.69 bits per heavy atom. The van der Waals surface area contributed by atoms with Crippen molar-refractivity contribution in [2.45, 2.75) is 19.9 Å². The molecule has 0 radical (unpaired) electrons. The summed E-state index contributed by atoms with van der Waals surface area (Å²) in [4.78, 5) is 8.68. The second-order valence-electron chi connectivity index (χ2n) is 7.45. The first-order chi connectivity index (χ1) is 16.9. The minimum Gasteiger partial charge on any atom is -0.415 e. The van der Waals surface area contributed by atoms with Gasteiger partial charge >= 0.3 is 6.43 Å². The molecule has 3 heterocycles. The van der Waals surface area contributed by atoms with Gasteiger partial charge in [0.05, 0.1) is 23.8 Å². The first kappa shape index (κ1) is 22.4. The van der Waals surface area contributed by atoms with Crippen molar-refractivity contribution in [3.63, 3.8) is 0 Å². The van der Waals surface area contributed by atoms with Crippen molar-refractivity contribution in [3.8, 4) is 22.7 Å². The van der Waals surface area contributed by atoms with E-state index in [-0.39, 0.29) is 12.1 Å². The Morgan fingerprint density at radius 2 is 1.91 bits per heavy atom. The molecule has 2 aromatic carbocycles. The molecule has 0 aliphatic rings. The van der Waals surface area contributed by atoms with E-state index >= 15 is 0 Å². The summed E-state index contributed by atoms with van der Waals surface area (Å²) in [5, 5.41) is 18.4. The highest BCUT2D eigenvalue weighted by Gasteiger charge is 2.22. The number of halogens is 4. The zero-order chi connectivity index (χ0) is 24.5. The van der Waals surface area contributed by atoms with Gasteiger partial charge in [0.1, 0.15) is 5.69 Å². The van der Waals surface area contributed by atoms with Gasteiger partial charge in [-0.2, -0.15) is 8.78 Å². The Balaban J connectivity index is 1.37. The van der Waals surface area contributed by atoms with Gasteiger partial charge < -0.3 is 9.73 Å². The molecule has 3 aromatic heterocycles. The Morgan fingerprint density at radius 1 is 1.06 bits per heavy atom. The zero-order valence-electron chi connectivity index (χ0n) is 18.1. The first-order valence-corrected chi connectivity index (χ1v) is 10.4. The van der Waals surface area contributed by atoms with Gasteiger partial charge in [-0.05, 0) is 25.1 Å². The summed E-state index contributed by atoms with van der Waals surface area (Å²) in [6.07, 6.45) is 0.269. The lowest BCUT2D eigenvalue weighted by Crippen LogP contribution is -2.05. The molecule has 0 fully saturated rings. The van der Waals surface area contributed by atoms with E-state index in [9.17, 15) is 17.6 Å². The molecule has 0 unspecified atom stereocenters. The lowest BCUT2D eigenvalue weighted by Gasteiger charge is -2.06. The fourth-order valence-electron chi connectivity index (χ4n) is 3.43. The Bertz CT molecular complexity index is 1520. The van der Waals surface area contributed by atoms with Crippen LogP contribution in [0.15, 0.2) is 47.1 Å². The molecular formula is C22H16F4N8O. The van der Waals surface area contributed by atoms with Gasteiger partial charge in [-0.25, -0.2) is 23.4 Å². The third-order valence-corrected chi connectivity index (χ3v) is 5.10. The van der Waals surface area contributed by atoms with E-state index in [2.05, 4.69) is 35.8 Å². The van der Waals surface area contributed by atoms with E-state index in [4.69, 9.17) is 4.42 Å². The number of rotatable bonds is 7. The molecule has 1 N–H and O–H groups in total. The molecule has 35 heavy (non-hydrogen) atoms. The van der Waals surface area contributed by atoms with Crippen molar-refractivity contribution in [1.82, 2.24) is 35.2 Å². The topological polar surface area (TPSA) is 107 Å². The molecule has 0 aliphatic carbocycles. The molecule has 5 aromatic rings. The minimum atomic E-state index is -3.02. The van der Waals surface area contributed by atoms with Crippen LogP contribution in [-0.2, 0) is 6.54 Å². The maximum atomic E-state index is 14.7. The number of benzene rings is 2. The zero-order valence-corrected chi connectivity index (χ0v) is 18.1. The molecule has 0 saturated carbocycles. The third kappa shape index (κ3) is 4.39. The predicted molar refractivity (Wildman–Crippen MR) is 116 cm³/mol. The molecule has 0 bridgehead atoms. The second-order valence-corrected chi connectivity index (χ2v) is 7.45. The fourth-order valence-corrected chi connectivity index (χ4v) is 3.43. The van der Waals surface area contributed by atoms with Crippen molar-refractivity contribution in [2.24, 2.45) is 0 Å². The van der Waals surface area contributed by atoms with Crippen LogP contribution in [0.4, 0.5) is 23.5 Å². The smallest absolute Gasteiger partial charge is 0.314 e. The number of hydrogen-bond donors (Lipinski definition) is 1. The van der Waals surface area contributed by atoms with E-state index in [1.165, 1.54) is 16.8 Å². The Hall–Kier alpha value is -4.42. The average Bonchev–Trinajstić information content (AvgIpc) is 3.52. The summed E-state index contributed by atoms with van der Waals surface area (Å²) in [6, 6.07) is 7.98. The van der Waals surface area contributed by atoms with Crippen LogP contribution in [0.2, 0.25) is 0 Å². The minimum absolute atomic E-state index is 0.0286. The quantitative estimate of drug-likeness (QED) is 0.333. The van der Waals surface area contributed by atoms with E-state index in [0.29, 0.717) is 18.2 Å². The summed E-state index contributed by atoms with van der Waals surface area (Å²) in [5.41, 5.74) is 1.58. The van der Waals surface area contributed by atoms with Crippen LogP contribution in [0.25, 0.3) is 33.6 Å². The Labute approximate surface area is 194 Å². The van der Waals surface area contributed by atoms with Gasteiger partial charge in [0, 0.05) is 29.3 Å². The number of aromatic nitrogens is 7. The molecule has 0 amide bonds. The molecule has 178 valence electrons. The molecule has 0 saturated heterocycles. The largest absolute Gasteiger partial charge is 0.415 e. The van der Waals surface area contributed by atoms with Gasteiger partial charge in [-0.1, -0.05) is 17.3 Å². The summed E-state index contributed by atoms with van der Waals surface area (Å²) in [5.74, 6) is -3.46. The van der Waals surface area contributed by atoms with E-state index in [1.807, 2.05) is 25.1 Å². The van der Waals surface area contributed by atoms with Crippen LogP contribution in [-0.4, -0.2) is 41.7 Å². The SMILES string of the molecule is CCNc1ncc2cc(-c3cn(Cc4ccc(-c5nnc(C(F)F)o5)c(F)c4F)nn3)ccc2n1. The number of hydrogen-bond acceptors (Lipinski definition) is 8. The van der Waals surface area contributed by atoms with Gasteiger partial charge in [0.25, 0.3) is 11.8 Å². The summed E-state index contributed by atoms with van der Waals surface area (Å²) >= 11 is 0. The monoisotopic (exact) mass is 484 g/mol.